The Balaban J connectivity index is 1.94. The number of rotatable bonds is 1. The largest absolute Gasteiger partial charge is 0.274 e. The van der Waals surface area contributed by atoms with Crippen molar-refractivity contribution in [3.63, 3.8) is 0 Å². The molecular weight excluding hydrogens is 264 g/mol. The second kappa shape index (κ2) is 4.98. The van der Waals surface area contributed by atoms with E-state index >= 15 is 0 Å². The molecule has 2 heterocycles. The highest BCUT2D eigenvalue weighted by Crippen LogP contribution is 2.40. The first-order valence-electron chi connectivity index (χ1n) is 7.07. The molecule has 0 fully saturated rings. The number of thioether (sulfide) groups is 1. The van der Waals surface area contributed by atoms with Crippen LogP contribution in [0.4, 0.5) is 0 Å². The standard InChI is InChI=1S/C17H16N2S/c1-2-6-13-12(5-1)11-20-15-8-4-3-7-14(15)16(13)17-18-9-10-19-17/h1-8,16H,9-11H2,(H,18,19)/p+1/t16-/m1/s1. The van der Waals surface area contributed by atoms with E-state index < -0.39 is 0 Å². The molecule has 2 aliphatic rings. The lowest BCUT2D eigenvalue weighted by molar-refractivity contribution is -0.446. The minimum absolute atomic E-state index is 0.319. The Morgan fingerprint density at radius 2 is 1.80 bits per heavy atom. The summed E-state index contributed by atoms with van der Waals surface area (Å²) in [6.45, 7) is 2.03. The predicted molar refractivity (Wildman–Crippen MR) is 83.1 cm³/mol. The van der Waals surface area contributed by atoms with Crippen LogP contribution in [0.3, 0.4) is 0 Å². The maximum absolute atomic E-state index is 3.53. The molecule has 100 valence electrons. The summed E-state index contributed by atoms with van der Waals surface area (Å²) in [5, 5.41) is 3.53. The van der Waals surface area contributed by atoms with Crippen LogP contribution in [-0.2, 0) is 5.75 Å². The molecule has 0 spiro atoms. The van der Waals surface area contributed by atoms with Crippen LogP contribution in [0.15, 0.2) is 53.4 Å². The molecule has 2 aromatic carbocycles. The lowest BCUT2D eigenvalue weighted by Crippen LogP contribution is -2.71. The fourth-order valence-corrected chi connectivity index (χ4v) is 4.19. The van der Waals surface area contributed by atoms with Gasteiger partial charge in [0.2, 0.25) is 0 Å². The van der Waals surface area contributed by atoms with Crippen molar-refractivity contribution in [1.29, 1.82) is 0 Å². The van der Waals surface area contributed by atoms with Gasteiger partial charge in [-0.1, -0.05) is 42.5 Å². The molecule has 2 aliphatic heterocycles. The molecule has 4 rings (SSSR count). The van der Waals surface area contributed by atoms with Crippen molar-refractivity contribution in [2.45, 2.75) is 16.6 Å². The highest BCUT2D eigenvalue weighted by atomic mass is 32.2. The van der Waals surface area contributed by atoms with Gasteiger partial charge >= 0.3 is 0 Å². The average molecular weight is 281 g/mol. The number of nitrogens with one attached hydrogen (secondary N) is 2. The second-order valence-electron chi connectivity index (χ2n) is 5.23. The van der Waals surface area contributed by atoms with E-state index in [0.29, 0.717) is 5.92 Å². The van der Waals surface area contributed by atoms with Gasteiger partial charge in [-0.2, -0.15) is 0 Å². The molecule has 20 heavy (non-hydrogen) atoms. The van der Waals surface area contributed by atoms with Gasteiger partial charge in [0, 0.05) is 10.6 Å². The zero-order chi connectivity index (χ0) is 13.4. The van der Waals surface area contributed by atoms with Crippen LogP contribution in [0, 0.1) is 0 Å². The third-order valence-corrected chi connectivity index (χ3v) is 5.16. The Labute approximate surface area is 123 Å². The highest BCUT2D eigenvalue weighted by molar-refractivity contribution is 7.98. The molecule has 3 heteroatoms. The molecule has 1 atom stereocenters. The Morgan fingerprint density at radius 1 is 1.00 bits per heavy atom. The van der Waals surface area contributed by atoms with Crippen molar-refractivity contribution in [3.8, 4) is 0 Å². The first kappa shape index (κ1) is 12.0. The zero-order valence-electron chi connectivity index (χ0n) is 11.2. The predicted octanol–water partition coefficient (Wildman–Crippen LogP) is 1.51. The first-order chi connectivity index (χ1) is 9.93. The molecule has 0 unspecified atom stereocenters. The van der Waals surface area contributed by atoms with Crippen LogP contribution in [0.25, 0.3) is 0 Å². The van der Waals surface area contributed by atoms with Gasteiger partial charge in [0.1, 0.15) is 19.0 Å². The lowest BCUT2D eigenvalue weighted by Gasteiger charge is -2.16. The molecule has 0 saturated carbocycles. The third kappa shape index (κ3) is 1.93. The van der Waals surface area contributed by atoms with E-state index in [2.05, 4.69) is 58.8 Å². The molecule has 0 aromatic heterocycles. The molecule has 2 nitrogen and oxygen atoms in total. The van der Waals surface area contributed by atoms with Crippen LogP contribution >= 0.6 is 11.8 Å². The Morgan fingerprint density at radius 3 is 2.65 bits per heavy atom. The normalized spacial score (nSPS) is 20.4. The van der Waals surface area contributed by atoms with Gasteiger partial charge in [-0.3, -0.25) is 10.3 Å². The van der Waals surface area contributed by atoms with E-state index in [1.165, 1.54) is 27.4 Å². The number of benzene rings is 2. The Hall–Kier alpha value is -1.74. The quantitative estimate of drug-likeness (QED) is 0.828. The van der Waals surface area contributed by atoms with Gasteiger partial charge in [0.15, 0.2) is 0 Å². The van der Waals surface area contributed by atoms with Crippen molar-refractivity contribution < 1.29 is 4.99 Å². The number of fused-ring (bicyclic) bond motifs is 2. The van der Waals surface area contributed by atoms with Gasteiger partial charge in [-0.25, -0.2) is 0 Å². The monoisotopic (exact) mass is 281 g/mol. The van der Waals surface area contributed by atoms with Crippen LogP contribution in [0.1, 0.15) is 22.6 Å². The van der Waals surface area contributed by atoms with Gasteiger partial charge in [-0.05, 0) is 22.8 Å². The van der Waals surface area contributed by atoms with E-state index in [9.17, 15) is 0 Å². The van der Waals surface area contributed by atoms with E-state index in [0.717, 1.165) is 18.8 Å². The molecule has 0 amide bonds. The molecule has 0 aliphatic carbocycles. The molecule has 0 saturated heterocycles. The summed E-state index contributed by atoms with van der Waals surface area (Å²) in [5.41, 5.74) is 4.29. The van der Waals surface area contributed by atoms with E-state index in [-0.39, 0.29) is 0 Å². The number of hydrogen-bond donors (Lipinski definition) is 2. The maximum Gasteiger partial charge on any atom is 0.255 e. The SMILES string of the molecule is c1ccc2c(c1)CSc1ccccc1[C@@H]2C1=[NH+]CCN1. The van der Waals surface area contributed by atoms with Gasteiger partial charge in [0.25, 0.3) is 5.84 Å². The highest BCUT2D eigenvalue weighted by Gasteiger charge is 2.32. The zero-order valence-corrected chi connectivity index (χ0v) is 12.0. The summed E-state index contributed by atoms with van der Waals surface area (Å²) in [6.07, 6.45) is 0. The smallest absolute Gasteiger partial charge is 0.255 e. The Bertz CT molecular complexity index is 631. The van der Waals surface area contributed by atoms with Crippen molar-refractivity contribution in [2.24, 2.45) is 0 Å². The lowest BCUT2D eigenvalue weighted by atomic mass is 9.87. The van der Waals surface area contributed by atoms with Crippen LogP contribution in [0.2, 0.25) is 0 Å². The topological polar surface area (TPSA) is 26.0 Å². The van der Waals surface area contributed by atoms with E-state index in [4.69, 9.17) is 0 Å². The van der Waals surface area contributed by atoms with Crippen LogP contribution in [-0.4, -0.2) is 18.9 Å². The second-order valence-corrected chi connectivity index (χ2v) is 6.24. The summed E-state index contributed by atoms with van der Waals surface area (Å²) in [6, 6.07) is 17.6. The third-order valence-electron chi connectivity index (χ3n) is 4.02. The maximum atomic E-state index is 3.53. The number of hydrogen-bond acceptors (Lipinski definition) is 2. The molecule has 2 aromatic rings. The van der Waals surface area contributed by atoms with Gasteiger partial charge < -0.3 is 0 Å². The Kier molecular flexibility index (Phi) is 3.00. The fourth-order valence-electron chi connectivity index (χ4n) is 3.09. The van der Waals surface area contributed by atoms with Crippen molar-refractivity contribution in [2.75, 3.05) is 13.1 Å². The fraction of sp³-hybridized carbons (Fsp3) is 0.235. The van der Waals surface area contributed by atoms with Gasteiger partial charge in [0.05, 0.1) is 0 Å². The molecular formula is C17H17N2S+. The summed E-state index contributed by atoms with van der Waals surface area (Å²) in [4.78, 5) is 4.93. The van der Waals surface area contributed by atoms with Crippen molar-refractivity contribution >= 4 is 17.6 Å². The van der Waals surface area contributed by atoms with E-state index in [1.54, 1.807) is 0 Å². The molecule has 2 N–H and O–H groups in total. The first-order valence-corrected chi connectivity index (χ1v) is 8.06. The summed E-state index contributed by atoms with van der Waals surface area (Å²) < 4.78 is 0. The van der Waals surface area contributed by atoms with Crippen molar-refractivity contribution in [1.82, 2.24) is 5.32 Å². The molecule has 0 bridgehead atoms. The molecule has 0 radical (unpaired) electrons. The number of amidine groups is 1. The van der Waals surface area contributed by atoms with Crippen molar-refractivity contribution in [3.05, 3.63) is 65.2 Å². The van der Waals surface area contributed by atoms with E-state index in [1.807, 2.05) is 11.8 Å². The van der Waals surface area contributed by atoms with Gasteiger partial charge in [-0.15, -0.1) is 11.8 Å². The summed E-state index contributed by atoms with van der Waals surface area (Å²) in [7, 11) is 0. The van der Waals surface area contributed by atoms with Crippen LogP contribution < -0.4 is 10.3 Å². The summed E-state index contributed by atoms with van der Waals surface area (Å²) in [5.74, 6) is 2.63. The summed E-state index contributed by atoms with van der Waals surface area (Å²) >= 11 is 1.95. The minimum atomic E-state index is 0.319. The average Bonchev–Trinajstić information content (AvgIpc) is 2.96. The van der Waals surface area contributed by atoms with Crippen LogP contribution in [0.5, 0.6) is 0 Å². The minimum Gasteiger partial charge on any atom is -0.274 e.